The quantitative estimate of drug-likeness (QED) is 0.652. The Bertz CT molecular complexity index is 711. The third-order valence-electron chi connectivity index (χ3n) is 2.86. The van der Waals surface area contributed by atoms with E-state index in [0.717, 1.165) is 28.0 Å². The highest BCUT2D eigenvalue weighted by Gasteiger charge is 2.08. The van der Waals surface area contributed by atoms with Gasteiger partial charge in [0.2, 0.25) is 0 Å². The van der Waals surface area contributed by atoms with E-state index in [4.69, 9.17) is 17.3 Å². The van der Waals surface area contributed by atoms with Gasteiger partial charge < -0.3 is 10.7 Å². The molecule has 90 valence electrons. The number of benzene rings is 2. The second kappa shape index (κ2) is 4.03. The number of hydrogen-bond acceptors (Lipinski definition) is 2. The average Bonchev–Trinajstić information content (AvgIpc) is 2.73. The number of nitrogen functional groups attached to an aromatic ring is 1. The molecule has 0 amide bonds. The number of fused-ring (bicyclic) bond motifs is 1. The molecule has 3 rings (SSSR count). The van der Waals surface area contributed by atoms with Crippen LogP contribution in [0, 0.1) is 6.92 Å². The van der Waals surface area contributed by atoms with Crippen molar-refractivity contribution in [2.24, 2.45) is 0 Å². The van der Waals surface area contributed by atoms with Crippen LogP contribution in [0.1, 0.15) is 5.56 Å². The number of halogens is 1. The molecule has 18 heavy (non-hydrogen) atoms. The van der Waals surface area contributed by atoms with Gasteiger partial charge in [0, 0.05) is 10.6 Å². The van der Waals surface area contributed by atoms with Gasteiger partial charge in [0.1, 0.15) is 11.3 Å². The fourth-order valence-electron chi connectivity index (χ4n) is 2.06. The van der Waals surface area contributed by atoms with Gasteiger partial charge in [-0.1, -0.05) is 17.7 Å². The minimum absolute atomic E-state index is 0.675. The first-order chi connectivity index (χ1) is 8.63. The molecule has 0 saturated carbocycles. The number of aromatic amines is 1. The van der Waals surface area contributed by atoms with Gasteiger partial charge in [0.05, 0.1) is 11.2 Å². The number of hydrogen-bond donors (Lipinski definition) is 2. The summed E-state index contributed by atoms with van der Waals surface area (Å²) in [4.78, 5) is 7.78. The highest BCUT2D eigenvalue weighted by Crippen LogP contribution is 2.26. The highest BCUT2D eigenvalue weighted by molar-refractivity contribution is 6.30. The van der Waals surface area contributed by atoms with Crippen LogP contribution in [0.5, 0.6) is 0 Å². The van der Waals surface area contributed by atoms with Gasteiger partial charge in [-0.05, 0) is 42.8 Å². The molecule has 4 heteroatoms. The minimum Gasteiger partial charge on any atom is -0.397 e. The molecule has 0 saturated heterocycles. The van der Waals surface area contributed by atoms with Gasteiger partial charge >= 0.3 is 0 Å². The third-order valence-corrected chi connectivity index (χ3v) is 3.08. The SMILES string of the molecule is Cc1cc(Cl)cc(-c2nc3c(N)cccc3[nH]2)c1. The van der Waals surface area contributed by atoms with Crippen molar-refractivity contribution in [3.63, 3.8) is 0 Å². The topological polar surface area (TPSA) is 54.7 Å². The van der Waals surface area contributed by atoms with Gasteiger partial charge in [-0.2, -0.15) is 0 Å². The number of anilines is 1. The number of nitrogens with two attached hydrogens (primary N) is 1. The van der Waals surface area contributed by atoms with Crippen LogP contribution in [0.3, 0.4) is 0 Å². The molecule has 2 aromatic carbocycles. The first-order valence-corrected chi connectivity index (χ1v) is 6.03. The summed E-state index contributed by atoms with van der Waals surface area (Å²) in [6, 6.07) is 11.6. The Morgan fingerprint density at radius 3 is 2.78 bits per heavy atom. The molecule has 0 unspecified atom stereocenters. The molecule has 0 spiro atoms. The lowest BCUT2D eigenvalue weighted by Gasteiger charge is -2.00. The van der Waals surface area contributed by atoms with Crippen molar-refractivity contribution in [1.29, 1.82) is 0 Å². The highest BCUT2D eigenvalue weighted by atomic mass is 35.5. The van der Waals surface area contributed by atoms with Crippen molar-refractivity contribution in [3.05, 3.63) is 47.0 Å². The predicted octanol–water partition coefficient (Wildman–Crippen LogP) is 3.77. The summed E-state index contributed by atoms with van der Waals surface area (Å²) in [5.74, 6) is 0.786. The Labute approximate surface area is 110 Å². The first kappa shape index (κ1) is 11.1. The summed E-state index contributed by atoms with van der Waals surface area (Å²) in [5, 5.41) is 0.707. The van der Waals surface area contributed by atoms with E-state index in [9.17, 15) is 0 Å². The van der Waals surface area contributed by atoms with Crippen molar-refractivity contribution in [2.45, 2.75) is 6.92 Å². The van der Waals surface area contributed by atoms with Crippen LogP contribution >= 0.6 is 11.6 Å². The van der Waals surface area contributed by atoms with E-state index in [1.807, 2.05) is 43.3 Å². The lowest BCUT2D eigenvalue weighted by Crippen LogP contribution is -1.85. The zero-order valence-electron chi connectivity index (χ0n) is 9.87. The molecule has 0 bridgehead atoms. The minimum atomic E-state index is 0.675. The van der Waals surface area contributed by atoms with Crippen LogP contribution in [-0.2, 0) is 0 Å². The number of para-hydroxylation sites is 1. The maximum atomic E-state index is 6.06. The fourth-order valence-corrected chi connectivity index (χ4v) is 2.35. The summed E-state index contributed by atoms with van der Waals surface area (Å²) in [6.07, 6.45) is 0. The number of nitrogens with zero attached hydrogens (tertiary/aromatic N) is 1. The normalized spacial score (nSPS) is 11.0. The molecule has 3 N–H and O–H groups in total. The summed E-state index contributed by atoms with van der Waals surface area (Å²) in [7, 11) is 0. The molecule has 0 aliphatic carbocycles. The Balaban J connectivity index is 2.22. The lowest BCUT2D eigenvalue weighted by molar-refractivity contribution is 1.32. The maximum absolute atomic E-state index is 6.06. The second-order valence-electron chi connectivity index (χ2n) is 4.35. The van der Waals surface area contributed by atoms with Crippen LogP contribution in [0.2, 0.25) is 5.02 Å². The Kier molecular flexibility index (Phi) is 2.49. The van der Waals surface area contributed by atoms with Crippen LogP contribution in [-0.4, -0.2) is 9.97 Å². The van der Waals surface area contributed by atoms with E-state index in [1.165, 1.54) is 0 Å². The first-order valence-electron chi connectivity index (χ1n) is 5.65. The standard InChI is InChI=1S/C14H12ClN3/c1-8-5-9(7-10(15)6-8)14-17-12-4-2-3-11(16)13(12)18-14/h2-7H,16H2,1H3,(H,17,18). The van der Waals surface area contributed by atoms with Crippen molar-refractivity contribution in [1.82, 2.24) is 9.97 Å². The van der Waals surface area contributed by atoms with Crippen molar-refractivity contribution in [3.8, 4) is 11.4 Å². The largest absolute Gasteiger partial charge is 0.397 e. The Morgan fingerprint density at radius 2 is 2.06 bits per heavy atom. The molecular formula is C14H12ClN3. The van der Waals surface area contributed by atoms with E-state index in [0.29, 0.717) is 10.7 Å². The molecule has 1 aromatic heterocycles. The monoisotopic (exact) mass is 257 g/mol. The van der Waals surface area contributed by atoms with Gasteiger partial charge in [-0.3, -0.25) is 0 Å². The summed E-state index contributed by atoms with van der Waals surface area (Å²) in [5.41, 5.74) is 10.4. The van der Waals surface area contributed by atoms with Crippen molar-refractivity contribution in [2.75, 3.05) is 5.73 Å². The fraction of sp³-hybridized carbons (Fsp3) is 0.0714. The number of rotatable bonds is 1. The number of H-pyrrole nitrogens is 1. The zero-order valence-corrected chi connectivity index (χ0v) is 10.6. The Morgan fingerprint density at radius 1 is 1.22 bits per heavy atom. The third kappa shape index (κ3) is 1.83. The second-order valence-corrected chi connectivity index (χ2v) is 4.78. The van der Waals surface area contributed by atoms with E-state index in [2.05, 4.69) is 9.97 Å². The molecule has 0 fully saturated rings. The van der Waals surface area contributed by atoms with Gasteiger partial charge in [-0.15, -0.1) is 0 Å². The molecule has 0 atom stereocenters. The predicted molar refractivity (Wildman–Crippen MR) is 75.7 cm³/mol. The molecule has 3 aromatic rings. The molecule has 0 aliphatic rings. The van der Waals surface area contributed by atoms with Crippen LogP contribution in [0.15, 0.2) is 36.4 Å². The molecule has 0 aliphatic heterocycles. The van der Waals surface area contributed by atoms with Crippen LogP contribution < -0.4 is 5.73 Å². The van der Waals surface area contributed by atoms with E-state index < -0.39 is 0 Å². The van der Waals surface area contributed by atoms with E-state index >= 15 is 0 Å². The van der Waals surface area contributed by atoms with Crippen LogP contribution in [0.4, 0.5) is 5.69 Å². The van der Waals surface area contributed by atoms with Gasteiger partial charge in [0.25, 0.3) is 0 Å². The van der Waals surface area contributed by atoms with Gasteiger partial charge in [-0.25, -0.2) is 4.98 Å². The summed E-state index contributed by atoms with van der Waals surface area (Å²) < 4.78 is 0. The van der Waals surface area contributed by atoms with Crippen LogP contribution in [0.25, 0.3) is 22.4 Å². The van der Waals surface area contributed by atoms with Crippen molar-refractivity contribution >= 4 is 28.3 Å². The molecular weight excluding hydrogens is 246 g/mol. The molecule has 1 heterocycles. The number of aryl methyl sites for hydroxylation is 1. The maximum Gasteiger partial charge on any atom is 0.138 e. The molecule has 0 radical (unpaired) electrons. The number of imidazole rings is 1. The van der Waals surface area contributed by atoms with Crippen molar-refractivity contribution < 1.29 is 0 Å². The van der Waals surface area contributed by atoms with E-state index in [1.54, 1.807) is 0 Å². The average molecular weight is 258 g/mol. The summed E-state index contributed by atoms with van der Waals surface area (Å²) in [6.45, 7) is 2.01. The smallest absolute Gasteiger partial charge is 0.138 e. The summed E-state index contributed by atoms with van der Waals surface area (Å²) >= 11 is 6.06. The Hall–Kier alpha value is -2.00. The number of nitrogens with one attached hydrogen (secondary N) is 1. The lowest BCUT2D eigenvalue weighted by atomic mass is 10.1. The number of aromatic nitrogens is 2. The molecule has 3 nitrogen and oxygen atoms in total. The van der Waals surface area contributed by atoms with E-state index in [-0.39, 0.29) is 0 Å². The zero-order chi connectivity index (χ0) is 12.7. The van der Waals surface area contributed by atoms with Gasteiger partial charge in [0.15, 0.2) is 0 Å².